The molecule has 0 N–H and O–H groups in total. The summed E-state index contributed by atoms with van der Waals surface area (Å²) >= 11 is 1.56. The van der Waals surface area contributed by atoms with Crippen LogP contribution in [0.1, 0.15) is 60.8 Å². The van der Waals surface area contributed by atoms with Crippen LogP contribution in [0.15, 0.2) is 47.0 Å². The molecule has 10 heteroatoms. The molecule has 0 bridgehead atoms. The van der Waals surface area contributed by atoms with Crippen LogP contribution in [0.25, 0.3) is 22.0 Å². The van der Waals surface area contributed by atoms with Crippen LogP contribution in [0.2, 0.25) is 0 Å². The zero-order chi connectivity index (χ0) is 27.1. The molecule has 4 aromatic rings. The van der Waals surface area contributed by atoms with Crippen molar-refractivity contribution in [2.24, 2.45) is 0 Å². The van der Waals surface area contributed by atoms with Gasteiger partial charge in [0.1, 0.15) is 21.5 Å². The Morgan fingerprint density at radius 2 is 1.80 bits per heavy atom. The first-order chi connectivity index (χ1) is 19.6. The second-order valence-corrected chi connectivity index (χ2v) is 12.2. The number of amides is 1. The van der Waals surface area contributed by atoms with Gasteiger partial charge in [0.2, 0.25) is 5.91 Å². The average molecular weight is 557 g/mol. The molecule has 206 valence electrons. The fourth-order valence-electron chi connectivity index (χ4n) is 5.68. The summed E-state index contributed by atoms with van der Waals surface area (Å²) in [5.74, 6) is 3.18. The van der Waals surface area contributed by atoms with Crippen molar-refractivity contribution in [3.63, 3.8) is 0 Å². The number of hydrogen-bond donors (Lipinski definition) is 0. The number of aryl methyl sites for hydroxylation is 1. The number of piperidine rings is 1. The molecule has 3 fully saturated rings. The molecule has 1 aliphatic carbocycles. The highest BCUT2D eigenvalue weighted by Gasteiger charge is 2.33. The summed E-state index contributed by atoms with van der Waals surface area (Å²) in [4.78, 5) is 21.7. The van der Waals surface area contributed by atoms with E-state index in [-0.39, 0.29) is 5.91 Å². The van der Waals surface area contributed by atoms with Gasteiger partial charge in [0, 0.05) is 48.2 Å². The molecule has 0 atom stereocenters. The van der Waals surface area contributed by atoms with E-state index in [1.54, 1.807) is 11.3 Å². The predicted molar refractivity (Wildman–Crippen MR) is 151 cm³/mol. The van der Waals surface area contributed by atoms with Crippen LogP contribution >= 0.6 is 11.3 Å². The highest BCUT2D eigenvalue weighted by molar-refractivity contribution is 7.14. The van der Waals surface area contributed by atoms with Crippen LogP contribution in [-0.4, -0.2) is 61.7 Å². The van der Waals surface area contributed by atoms with Crippen molar-refractivity contribution in [2.75, 3.05) is 19.6 Å². The van der Waals surface area contributed by atoms with Crippen molar-refractivity contribution in [3.8, 4) is 33.5 Å². The van der Waals surface area contributed by atoms with E-state index in [0.717, 1.165) is 77.5 Å². The highest BCUT2D eigenvalue weighted by atomic mass is 32.1. The minimum atomic E-state index is 0.181. The number of rotatable bonds is 8. The van der Waals surface area contributed by atoms with Gasteiger partial charge in [-0.3, -0.25) is 4.79 Å². The average Bonchev–Trinajstić information content (AvgIpc) is 3.32. The molecule has 2 aromatic heterocycles. The number of benzene rings is 2. The molecule has 2 saturated heterocycles. The summed E-state index contributed by atoms with van der Waals surface area (Å²) in [6, 6.07) is 14.6. The smallest absolute Gasteiger partial charge is 0.258 e. The van der Waals surface area contributed by atoms with E-state index in [9.17, 15) is 4.79 Å². The van der Waals surface area contributed by atoms with Gasteiger partial charge in [0.05, 0.1) is 0 Å². The van der Waals surface area contributed by atoms with E-state index in [1.807, 2.05) is 54.3 Å². The van der Waals surface area contributed by atoms with Crippen LogP contribution < -0.4 is 4.74 Å². The van der Waals surface area contributed by atoms with E-state index in [1.165, 1.54) is 12.8 Å². The van der Waals surface area contributed by atoms with Gasteiger partial charge in [-0.1, -0.05) is 22.6 Å². The Kier molecular flexibility index (Phi) is 6.81. The van der Waals surface area contributed by atoms with Crippen LogP contribution in [0.3, 0.4) is 0 Å². The number of carbonyl (C=O) groups excluding carboxylic acids is 1. The Morgan fingerprint density at radius 3 is 2.50 bits per heavy atom. The van der Waals surface area contributed by atoms with E-state index in [0.29, 0.717) is 36.3 Å². The van der Waals surface area contributed by atoms with Gasteiger partial charge >= 0.3 is 0 Å². The quantitative estimate of drug-likeness (QED) is 0.268. The first-order valence-corrected chi connectivity index (χ1v) is 15.0. The third-order valence-electron chi connectivity index (χ3n) is 8.10. The molecule has 3 aliphatic rings. The fourth-order valence-corrected chi connectivity index (χ4v) is 6.37. The summed E-state index contributed by atoms with van der Waals surface area (Å²) in [6.45, 7) is 5.44. The summed E-state index contributed by atoms with van der Waals surface area (Å²) in [5.41, 5.74) is 2.74. The number of ether oxygens (including phenoxy) is 1. The lowest BCUT2D eigenvalue weighted by Gasteiger charge is -2.30. The van der Waals surface area contributed by atoms with Crippen molar-refractivity contribution in [3.05, 3.63) is 58.9 Å². The maximum absolute atomic E-state index is 12.4. The molecule has 0 unspecified atom stereocenters. The summed E-state index contributed by atoms with van der Waals surface area (Å²) in [5, 5.41) is 14.5. The van der Waals surface area contributed by atoms with Crippen LogP contribution in [0, 0.1) is 6.92 Å². The summed E-state index contributed by atoms with van der Waals surface area (Å²) in [7, 11) is 0. The predicted octanol–water partition coefficient (Wildman–Crippen LogP) is 5.82. The Morgan fingerprint density at radius 1 is 1.00 bits per heavy atom. The Labute approximate surface area is 237 Å². The Hall–Kier alpha value is -3.63. The van der Waals surface area contributed by atoms with Crippen LogP contribution in [-0.2, 0) is 11.3 Å². The van der Waals surface area contributed by atoms with Crippen molar-refractivity contribution in [2.45, 2.75) is 64.0 Å². The zero-order valence-electron chi connectivity index (χ0n) is 22.6. The maximum Gasteiger partial charge on any atom is 0.258 e. The molecule has 4 heterocycles. The molecule has 0 spiro atoms. The van der Waals surface area contributed by atoms with Gasteiger partial charge in [0.15, 0.2) is 5.82 Å². The summed E-state index contributed by atoms with van der Waals surface area (Å²) in [6.07, 6.45) is 6.32. The monoisotopic (exact) mass is 556 g/mol. The molecule has 7 rings (SSSR count). The topological polar surface area (TPSA) is 97.5 Å². The summed E-state index contributed by atoms with van der Waals surface area (Å²) < 4.78 is 12.2. The third-order valence-corrected chi connectivity index (χ3v) is 8.99. The molecule has 2 aromatic carbocycles. The highest BCUT2D eigenvalue weighted by Crippen LogP contribution is 2.36. The van der Waals surface area contributed by atoms with Crippen molar-refractivity contribution >= 4 is 17.2 Å². The van der Waals surface area contributed by atoms with E-state index in [2.05, 4.69) is 20.3 Å². The molecule has 1 amide bonds. The van der Waals surface area contributed by atoms with E-state index >= 15 is 0 Å². The SMILES string of the molecule is Cc1nnc(-c2ccc(Oc3cc(-c4nc(C5CCN(C6CC6)CC5)no4)ccc3CN3CCCC3=O)cc2)s1. The lowest BCUT2D eigenvalue weighted by Crippen LogP contribution is -2.34. The number of hydrogen-bond acceptors (Lipinski definition) is 9. The first-order valence-electron chi connectivity index (χ1n) is 14.2. The second-order valence-electron chi connectivity index (χ2n) is 11.0. The number of likely N-dealkylation sites (tertiary alicyclic amines) is 2. The van der Waals surface area contributed by atoms with Gasteiger partial charge in [0.25, 0.3) is 5.89 Å². The minimum Gasteiger partial charge on any atom is -0.457 e. The largest absolute Gasteiger partial charge is 0.457 e. The van der Waals surface area contributed by atoms with Crippen LogP contribution in [0.4, 0.5) is 0 Å². The van der Waals surface area contributed by atoms with Crippen molar-refractivity contribution in [1.82, 2.24) is 30.1 Å². The van der Waals surface area contributed by atoms with Crippen LogP contribution in [0.5, 0.6) is 11.5 Å². The molecule has 0 radical (unpaired) electrons. The van der Waals surface area contributed by atoms with Gasteiger partial charge < -0.3 is 19.1 Å². The molecule has 9 nitrogen and oxygen atoms in total. The van der Waals surface area contributed by atoms with Gasteiger partial charge in [-0.05, 0) is 88.5 Å². The van der Waals surface area contributed by atoms with Gasteiger partial charge in [-0.2, -0.15) is 4.98 Å². The van der Waals surface area contributed by atoms with Gasteiger partial charge in [-0.15, -0.1) is 10.2 Å². The maximum atomic E-state index is 12.4. The fraction of sp³-hybridized carbons (Fsp3) is 0.433. The van der Waals surface area contributed by atoms with Gasteiger partial charge in [-0.25, -0.2) is 0 Å². The lowest BCUT2D eigenvalue weighted by atomic mass is 9.96. The molecule has 1 saturated carbocycles. The number of carbonyl (C=O) groups is 1. The normalized spacial score (nSPS) is 18.5. The second kappa shape index (κ2) is 10.7. The molecular weight excluding hydrogens is 524 g/mol. The first kappa shape index (κ1) is 25.3. The molecule has 40 heavy (non-hydrogen) atoms. The van der Waals surface area contributed by atoms with E-state index < -0.39 is 0 Å². The molecule has 2 aliphatic heterocycles. The standard InChI is InChI=1S/C30H32N6O3S/c1-19-32-33-30(40-19)21-6-10-25(11-7-21)38-26-17-22(4-5-23(26)18-36-14-2-3-27(36)37)29-31-28(34-39-29)20-12-15-35(16-13-20)24-8-9-24/h4-7,10-11,17,20,24H,2-3,8-9,12-16,18H2,1H3. The Balaban J connectivity index is 1.12. The molecular formula is C30H32N6O3S. The van der Waals surface area contributed by atoms with Crippen molar-refractivity contribution < 1.29 is 14.1 Å². The zero-order valence-corrected chi connectivity index (χ0v) is 23.4. The Bertz CT molecular complexity index is 1500. The number of aromatic nitrogens is 4. The minimum absolute atomic E-state index is 0.181. The number of nitrogens with zero attached hydrogens (tertiary/aromatic N) is 6. The lowest BCUT2D eigenvalue weighted by molar-refractivity contribution is -0.128. The third kappa shape index (κ3) is 5.38. The van der Waals surface area contributed by atoms with Crippen molar-refractivity contribution in [1.29, 1.82) is 0 Å². The van der Waals surface area contributed by atoms with E-state index in [4.69, 9.17) is 14.2 Å².